The summed E-state index contributed by atoms with van der Waals surface area (Å²) in [5.74, 6) is -0.787. The number of fused-ring (bicyclic) bond motifs is 1. The molecule has 4 aromatic rings. The maximum Gasteiger partial charge on any atom is 0.252 e. The Morgan fingerprint density at radius 1 is 1.04 bits per heavy atom. The fourth-order valence-electron chi connectivity index (χ4n) is 3.44. The number of para-hydroxylation sites is 1. The second-order valence-electron chi connectivity index (χ2n) is 6.59. The molecule has 0 aliphatic rings. The molecular formula is C23H18BrFN2O. The van der Waals surface area contributed by atoms with Gasteiger partial charge >= 0.3 is 0 Å². The van der Waals surface area contributed by atoms with Gasteiger partial charge in [0.1, 0.15) is 5.82 Å². The summed E-state index contributed by atoms with van der Waals surface area (Å²) >= 11 is 3.32. The third kappa shape index (κ3) is 3.71. The molecule has 1 atom stereocenters. The summed E-state index contributed by atoms with van der Waals surface area (Å²) in [6.07, 6.45) is 1.99. The highest BCUT2D eigenvalue weighted by molar-refractivity contribution is 9.10. The Labute approximate surface area is 170 Å². The average molecular weight is 437 g/mol. The molecule has 2 N–H and O–H groups in total. The zero-order chi connectivity index (χ0) is 19.5. The summed E-state index contributed by atoms with van der Waals surface area (Å²) in [7, 11) is 0. The molecule has 0 bridgehead atoms. The van der Waals surface area contributed by atoms with Crippen LogP contribution < -0.4 is 5.32 Å². The zero-order valence-corrected chi connectivity index (χ0v) is 16.5. The zero-order valence-electron chi connectivity index (χ0n) is 15.0. The smallest absolute Gasteiger partial charge is 0.252 e. The van der Waals surface area contributed by atoms with Crippen LogP contribution in [0.1, 0.15) is 27.4 Å². The summed E-state index contributed by atoms with van der Waals surface area (Å²) < 4.78 is 14.1. The lowest BCUT2D eigenvalue weighted by Crippen LogP contribution is -2.29. The number of aromatic nitrogens is 1. The van der Waals surface area contributed by atoms with E-state index in [0.29, 0.717) is 11.0 Å². The van der Waals surface area contributed by atoms with Crippen LogP contribution in [0.3, 0.4) is 0 Å². The fourth-order valence-corrected chi connectivity index (χ4v) is 3.86. The molecule has 3 aromatic carbocycles. The van der Waals surface area contributed by atoms with Crippen LogP contribution >= 0.6 is 15.9 Å². The van der Waals surface area contributed by atoms with E-state index in [-0.39, 0.29) is 17.4 Å². The van der Waals surface area contributed by atoms with Crippen molar-refractivity contribution in [2.75, 3.05) is 6.54 Å². The molecule has 3 nitrogen and oxygen atoms in total. The first-order chi connectivity index (χ1) is 13.6. The van der Waals surface area contributed by atoms with Crippen LogP contribution in [-0.2, 0) is 0 Å². The van der Waals surface area contributed by atoms with Crippen molar-refractivity contribution in [2.45, 2.75) is 5.92 Å². The van der Waals surface area contributed by atoms with Gasteiger partial charge in [-0.3, -0.25) is 4.79 Å². The van der Waals surface area contributed by atoms with E-state index >= 15 is 0 Å². The molecule has 0 aliphatic carbocycles. The van der Waals surface area contributed by atoms with Gasteiger partial charge in [-0.05, 0) is 51.3 Å². The lowest BCUT2D eigenvalue weighted by atomic mass is 9.91. The fraction of sp³-hybridized carbons (Fsp3) is 0.0870. The van der Waals surface area contributed by atoms with E-state index in [1.54, 1.807) is 6.07 Å². The molecule has 1 unspecified atom stereocenters. The van der Waals surface area contributed by atoms with E-state index in [1.165, 1.54) is 12.1 Å². The summed E-state index contributed by atoms with van der Waals surface area (Å²) in [5, 5.41) is 4.09. The number of hydrogen-bond donors (Lipinski definition) is 2. The highest BCUT2D eigenvalue weighted by Crippen LogP contribution is 2.30. The third-order valence-electron chi connectivity index (χ3n) is 4.84. The molecule has 1 amide bonds. The number of benzene rings is 3. The highest BCUT2D eigenvalue weighted by atomic mass is 79.9. The highest BCUT2D eigenvalue weighted by Gasteiger charge is 2.20. The lowest BCUT2D eigenvalue weighted by molar-refractivity contribution is 0.0951. The first-order valence-corrected chi connectivity index (χ1v) is 9.77. The van der Waals surface area contributed by atoms with E-state index in [2.05, 4.69) is 44.4 Å². The van der Waals surface area contributed by atoms with Crippen LogP contribution in [0.25, 0.3) is 10.9 Å². The molecule has 0 saturated heterocycles. The summed E-state index contributed by atoms with van der Waals surface area (Å²) in [4.78, 5) is 16.0. The van der Waals surface area contributed by atoms with Crippen LogP contribution in [-0.4, -0.2) is 17.4 Å². The number of nitrogens with one attached hydrogen (secondary N) is 2. The number of hydrogen-bond acceptors (Lipinski definition) is 1. The van der Waals surface area contributed by atoms with Crippen LogP contribution in [0.4, 0.5) is 4.39 Å². The van der Waals surface area contributed by atoms with Gasteiger partial charge in [0.05, 0.1) is 5.56 Å². The normalized spacial score (nSPS) is 12.1. The Morgan fingerprint density at radius 3 is 2.61 bits per heavy atom. The van der Waals surface area contributed by atoms with Gasteiger partial charge in [0, 0.05) is 34.0 Å². The first-order valence-electron chi connectivity index (χ1n) is 8.97. The van der Waals surface area contributed by atoms with Crippen molar-refractivity contribution in [2.24, 2.45) is 0 Å². The standard InChI is InChI=1S/C23H18BrFN2O/c24-21-11-10-16(25)12-18(21)23(28)27-13-19(15-6-2-1-3-7-15)20-14-26-22-9-5-4-8-17(20)22/h1-12,14,19,26H,13H2,(H,27,28). The Hall–Kier alpha value is -2.92. The second kappa shape index (κ2) is 7.98. The molecule has 28 heavy (non-hydrogen) atoms. The summed E-state index contributed by atoms with van der Waals surface area (Å²) in [6, 6.07) is 22.2. The number of carbonyl (C=O) groups excluding carboxylic acids is 1. The minimum atomic E-state index is -0.440. The monoisotopic (exact) mass is 436 g/mol. The Kier molecular flexibility index (Phi) is 5.26. The van der Waals surface area contributed by atoms with Crippen LogP contribution in [0.15, 0.2) is 83.5 Å². The molecule has 0 spiro atoms. The maximum absolute atomic E-state index is 13.6. The Morgan fingerprint density at radius 2 is 1.79 bits per heavy atom. The Bertz CT molecular complexity index is 1120. The van der Waals surface area contributed by atoms with Crippen molar-refractivity contribution < 1.29 is 9.18 Å². The summed E-state index contributed by atoms with van der Waals surface area (Å²) in [6.45, 7) is 0.396. The minimum absolute atomic E-state index is 0.0337. The second-order valence-corrected chi connectivity index (χ2v) is 7.44. The SMILES string of the molecule is O=C(NCC(c1ccccc1)c1c[nH]c2ccccc12)c1cc(F)ccc1Br. The van der Waals surface area contributed by atoms with Crippen LogP contribution in [0.5, 0.6) is 0 Å². The van der Waals surface area contributed by atoms with Gasteiger partial charge in [-0.1, -0.05) is 48.5 Å². The summed E-state index contributed by atoms with van der Waals surface area (Å²) in [5.41, 5.74) is 3.55. The van der Waals surface area contributed by atoms with Gasteiger partial charge in [-0.25, -0.2) is 4.39 Å². The van der Waals surface area contributed by atoms with Crippen molar-refractivity contribution in [1.29, 1.82) is 0 Å². The topological polar surface area (TPSA) is 44.9 Å². The molecule has 0 aliphatic heterocycles. The van der Waals surface area contributed by atoms with Crippen LogP contribution in [0.2, 0.25) is 0 Å². The lowest BCUT2D eigenvalue weighted by Gasteiger charge is -2.18. The van der Waals surface area contributed by atoms with Gasteiger partial charge in [0.25, 0.3) is 5.91 Å². The van der Waals surface area contributed by atoms with E-state index in [4.69, 9.17) is 0 Å². The molecule has 1 aromatic heterocycles. The predicted octanol–water partition coefficient (Wildman–Crippen LogP) is 5.63. The molecule has 0 radical (unpaired) electrons. The van der Waals surface area contributed by atoms with Gasteiger partial charge < -0.3 is 10.3 Å². The molecule has 1 heterocycles. The number of amides is 1. The number of rotatable bonds is 5. The minimum Gasteiger partial charge on any atom is -0.361 e. The molecule has 5 heteroatoms. The number of aromatic amines is 1. The Balaban J connectivity index is 1.65. The number of carbonyl (C=O) groups is 1. The molecule has 4 rings (SSSR count). The van der Waals surface area contributed by atoms with E-state index in [9.17, 15) is 9.18 Å². The van der Waals surface area contributed by atoms with Gasteiger partial charge in [0.15, 0.2) is 0 Å². The number of H-pyrrole nitrogens is 1. The number of halogens is 2. The van der Waals surface area contributed by atoms with Gasteiger partial charge in [-0.15, -0.1) is 0 Å². The first kappa shape index (κ1) is 18.4. The van der Waals surface area contributed by atoms with Crippen molar-refractivity contribution in [3.05, 3.63) is 106 Å². The molecular weight excluding hydrogens is 419 g/mol. The quantitative estimate of drug-likeness (QED) is 0.418. The largest absolute Gasteiger partial charge is 0.361 e. The van der Waals surface area contributed by atoms with Gasteiger partial charge in [-0.2, -0.15) is 0 Å². The third-order valence-corrected chi connectivity index (χ3v) is 5.53. The van der Waals surface area contributed by atoms with E-state index in [1.807, 2.05) is 42.6 Å². The van der Waals surface area contributed by atoms with Crippen molar-refractivity contribution in [3.8, 4) is 0 Å². The predicted molar refractivity (Wildman–Crippen MR) is 113 cm³/mol. The van der Waals surface area contributed by atoms with Crippen LogP contribution in [0, 0.1) is 5.82 Å². The van der Waals surface area contributed by atoms with E-state index in [0.717, 1.165) is 22.0 Å². The van der Waals surface area contributed by atoms with Crippen molar-refractivity contribution >= 4 is 32.7 Å². The molecule has 140 valence electrons. The van der Waals surface area contributed by atoms with Crippen molar-refractivity contribution in [1.82, 2.24) is 10.3 Å². The maximum atomic E-state index is 13.6. The average Bonchev–Trinajstić information content (AvgIpc) is 3.15. The molecule has 0 fully saturated rings. The van der Waals surface area contributed by atoms with Gasteiger partial charge in [0.2, 0.25) is 0 Å². The van der Waals surface area contributed by atoms with E-state index < -0.39 is 5.82 Å². The molecule has 0 saturated carbocycles. The van der Waals surface area contributed by atoms with Crippen molar-refractivity contribution in [3.63, 3.8) is 0 Å².